The normalized spacial score (nSPS) is 23.3. The smallest absolute Gasteiger partial charge is 0.227 e. The number of hydrogen-bond donors (Lipinski definition) is 1. The van der Waals surface area contributed by atoms with Crippen LogP contribution in [0.4, 0.5) is 5.69 Å². The fraction of sp³-hybridized carbons (Fsp3) is 0.611. The molecule has 3 aliphatic rings. The summed E-state index contributed by atoms with van der Waals surface area (Å²) >= 11 is 0. The minimum absolute atomic E-state index is 0.251. The summed E-state index contributed by atoms with van der Waals surface area (Å²) in [6.45, 7) is 4.24. The van der Waals surface area contributed by atoms with Gasteiger partial charge in [0.25, 0.3) is 0 Å². The van der Waals surface area contributed by atoms with Crippen molar-refractivity contribution in [1.82, 2.24) is 5.32 Å². The van der Waals surface area contributed by atoms with E-state index in [0.717, 1.165) is 50.1 Å². The number of nitrogens with one attached hydrogen (secondary N) is 1. The maximum Gasteiger partial charge on any atom is 0.227 e. The van der Waals surface area contributed by atoms with E-state index in [-0.39, 0.29) is 12.2 Å². The minimum Gasteiger partial charge on any atom is -0.346 e. The SMILES string of the molecule is O=C1CCc2c(C3OCCO3)cccc2N1CC1CCNCC1. The average molecular weight is 316 g/mol. The molecule has 1 amide bonds. The van der Waals surface area contributed by atoms with Crippen molar-refractivity contribution in [2.75, 3.05) is 37.7 Å². The fourth-order valence-electron chi connectivity index (χ4n) is 3.90. The van der Waals surface area contributed by atoms with Crippen LogP contribution in [0.3, 0.4) is 0 Å². The number of hydrogen-bond acceptors (Lipinski definition) is 4. The molecule has 2 saturated heterocycles. The molecule has 1 aromatic rings. The first kappa shape index (κ1) is 15.1. The highest BCUT2D eigenvalue weighted by atomic mass is 16.7. The highest BCUT2D eigenvalue weighted by Gasteiger charge is 2.31. The Kier molecular flexibility index (Phi) is 4.33. The van der Waals surface area contributed by atoms with E-state index in [4.69, 9.17) is 9.47 Å². The van der Waals surface area contributed by atoms with E-state index in [2.05, 4.69) is 17.4 Å². The van der Waals surface area contributed by atoms with Crippen LogP contribution in [0.25, 0.3) is 0 Å². The number of amides is 1. The molecule has 0 saturated carbocycles. The quantitative estimate of drug-likeness (QED) is 0.927. The van der Waals surface area contributed by atoms with Gasteiger partial charge >= 0.3 is 0 Å². The summed E-state index contributed by atoms with van der Waals surface area (Å²) in [5, 5.41) is 3.39. The maximum absolute atomic E-state index is 12.5. The van der Waals surface area contributed by atoms with Crippen molar-refractivity contribution in [3.63, 3.8) is 0 Å². The number of piperidine rings is 1. The summed E-state index contributed by atoms with van der Waals surface area (Å²) in [5.74, 6) is 0.843. The second-order valence-corrected chi connectivity index (χ2v) is 6.62. The molecule has 3 heterocycles. The third kappa shape index (κ3) is 3.01. The van der Waals surface area contributed by atoms with Crippen LogP contribution in [0, 0.1) is 5.92 Å². The lowest BCUT2D eigenvalue weighted by Crippen LogP contribution is -2.42. The Morgan fingerprint density at radius 2 is 1.91 bits per heavy atom. The summed E-state index contributed by atoms with van der Waals surface area (Å²) in [4.78, 5) is 14.5. The Morgan fingerprint density at radius 3 is 2.70 bits per heavy atom. The van der Waals surface area contributed by atoms with Crippen LogP contribution in [-0.2, 0) is 20.7 Å². The van der Waals surface area contributed by atoms with Gasteiger partial charge in [-0.15, -0.1) is 0 Å². The Morgan fingerprint density at radius 1 is 1.13 bits per heavy atom. The van der Waals surface area contributed by atoms with Crippen molar-refractivity contribution in [2.24, 2.45) is 5.92 Å². The predicted octanol–water partition coefficient (Wildman–Crippen LogP) is 2.01. The van der Waals surface area contributed by atoms with Crippen LogP contribution in [0.15, 0.2) is 18.2 Å². The van der Waals surface area contributed by atoms with Crippen molar-refractivity contribution in [3.8, 4) is 0 Å². The largest absolute Gasteiger partial charge is 0.346 e. The molecule has 0 atom stereocenters. The maximum atomic E-state index is 12.5. The zero-order chi connectivity index (χ0) is 15.6. The van der Waals surface area contributed by atoms with Gasteiger partial charge in [-0.1, -0.05) is 12.1 Å². The summed E-state index contributed by atoms with van der Waals surface area (Å²) in [6.07, 6.45) is 3.40. The number of benzene rings is 1. The molecular formula is C18H24N2O3. The number of carbonyl (C=O) groups excluding carboxylic acids is 1. The van der Waals surface area contributed by atoms with E-state index >= 15 is 0 Å². The molecule has 1 aromatic carbocycles. The lowest BCUT2D eigenvalue weighted by atomic mass is 9.92. The lowest BCUT2D eigenvalue weighted by Gasteiger charge is -2.35. The van der Waals surface area contributed by atoms with E-state index in [1.807, 2.05) is 11.0 Å². The zero-order valence-corrected chi connectivity index (χ0v) is 13.4. The third-order valence-corrected chi connectivity index (χ3v) is 5.14. The van der Waals surface area contributed by atoms with Crippen LogP contribution in [0.1, 0.15) is 36.7 Å². The number of fused-ring (bicyclic) bond motifs is 1. The number of carbonyl (C=O) groups is 1. The van der Waals surface area contributed by atoms with Gasteiger partial charge in [-0.05, 0) is 49.9 Å². The molecular weight excluding hydrogens is 292 g/mol. The van der Waals surface area contributed by atoms with E-state index < -0.39 is 0 Å². The number of ether oxygens (including phenoxy) is 2. The first-order chi connectivity index (χ1) is 11.3. The minimum atomic E-state index is -0.265. The van der Waals surface area contributed by atoms with Crippen LogP contribution in [0.5, 0.6) is 0 Å². The number of anilines is 1. The van der Waals surface area contributed by atoms with Crippen molar-refractivity contribution in [1.29, 1.82) is 0 Å². The van der Waals surface area contributed by atoms with Gasteiger partial charge in [-0.2, -0.15) is 0 Å². The van der Waals surface area contributed by atoms with Crippen molar-refractivity contribution in [2.45, 2.75) is 32.0 Å². The zero-order valence-electron chi connectivity index (χ0n) is 13.4. The molecule has 2 fully saturated rings. The van der Waals surface area contributed by atoms with Gasteiger partial charge in [0.05, 0.1) is 13.2 Å². The molecule has 0 aliphatic carbocycles. The molecule has 4 rings (SSSR count). The second-order valence-electron chi connectivity index (χ2n) is 6.62. The van der Waals surface area contributed by atoms with Crippen LogP contribution in [-0.4, -0.2) is 38.8 Å². The summed E-state index contributed by atoms with van der Waals surface area (Å²) in [6, 6.07) is 6.17. The monoisotopic (exact) mass is 316 g/mol. The first-order valence-electron chi connectivity index (χ1n) is 8.69. The van der Waals surface area contributed by atoms with Gasteiger partial charge in [0, 0.05) is 24.2 Å². The van der Waals surface area contributed by atoms with E-state index in [1.165, 1.54) is 5.56 Å². The highest BCUT2D eigenvalue weighted by Crippen LogP contribution is 2.36. The first-order valence-corrected chi connectivity index (χ1v) is 8.69. The lowest BCUT2D eigenvalue weighted by molar-refractivity contribution is -0.119. The standard InChI is InChI=1S/C18H24N2O3/c21-17-5-4-14-15(18-22-10-11-23-18)2-1-3-16(14)20(17)12-13-6-8-19-9-7-13/h1-3,13,18-19H,4-12H2. The number of rotatable bonds is 3. The van der Waals surface area contributed by atoms with Crippen molar-refractivity contribution < 1.29 is 14.3 Å². The molecule has 23 heavy (non-hydrogen) atoms. The van der Waals surface area contributed by atoms with Gasteiger partial charge in [-0.25, -0.2) is 0 Å². The fourth-order valence-corrected chi connectivity index (χ4v) is 3.90. The molecule has 5 nitrogen and oxygen atoms in total. The Bertz CT molecular complexity index is 578. The molecule has 3 aliphatic heterocycles. The molecule has 0 aromatic heterocycles. The Balaban J connectivity index is 1.61. The Labute approximate surface area is 136 Å². The van der Waals surface area contributed by atoms with Gasteiger partial charge in [0.2, 0.25) is 5.91 Å². The average Bonchev–Trinajstić information content (AvgIpc) is 3.12. The van der Waals surface area contributed by atoms with Gasteiger partial charge in [0.1, 0.15) is 0 Å². The highest BCUT2D eigenvalue weighted by molar-refractivity contribution is 5.96. The molecule has 124 valence electrons. The predicted molar refractivity (Wildman–Crippen MR) is 87.4 cm³/mol. The number of nitrogens with zero attached hydrogens (tertiary/aromatic N) is 1. The van der Waals surface area contributed by atoms with Crippen LogP contribution >= 0.6 is 0 Å². The molecule has 5 heteroatoms. The van der Waals surface area contributed by atoms with Crippen LogP contribution < -0.4 is 10.2 Å². The van der Waals surface area contributed by atoms with Crippen LogP contribution in [0.2, 0.25) is 0 Å². The van der Waals surface area contributed by atoms with Crippen molar-refractivity contribution >= 4 is 11.6 Å². The van der Waals surface area contributed by atoms with Gasteiger partial charge in [0.15, 0.2) is 6.29 Å². The molecule has 0 unspecified atom stereocenters. The molecule has 0 spiro atoms. The second kappa shape index (κ2) is 6.59. The van der Waals surface area contributed by atoms with Crippen molar-refractivity contribution in [3.05, 3.63) is 29.3 Å². The third-order valence-electron chi connectivity index (χ3n) is 5.14. The van der Waals surface area contributed by atoms with E-state index in [9.17, 15) is 4.79 Å². The molecule has 0 bridgehead atoms. The van der Waals surface area contributed by atoms with E-state index in [0.29, 0.717) is 25.6 Å². The summed E-state index contributed by atoms with van der Waals surface area (Å²) < 4.78 is 11.4. The molecule has 0 radical (unpaired) electrons. The van der Waals surface area contributed by atoms with Gasteiger partial charge in [-0.3, -0.25) is 4.79 Å². The summed E-state index contributed by atoms with van der Waals surface area (Å²) in [5.41, 5.74) is 3.40. The van der Waals surface area contributed by atoms with Gasteiger partial charge < -0.3 is 19.7 Å². The Hall–Kier alpha value is -1.43. The molecule has 1 N–H and O–H groups in total. The summed E-state index contributed by atoms with van der Waals surface area (Å²) in [7, 11) is 0. The van der Waals surface area contributed by atoms with E-state index in [1.54, 1.807) is 0 Å². The topological polar surface area (TPSA) is 50.8 Å².